The number of nitrogens with zero attached hydrogens (tertiary/aromatic N) is 1. The van der Waals surface area contributed by atoms with E-state index in [0.717, 1.165) is 34.7 Å². The maximum atomic E-state index is 5.61. The lowest BCUT2D eigenvalue weighted by molar-refractivity contribution is 0.171. The van der Waals surface area contributed by atoms with Gasteiger partial charge in [-0.2, -0.15) is 0 Å². The topological polar surface area (TPSA) is 42.9 Å². The highest BCUT2D eigenvalue weighted by atomic mass is 32.2. The van der Waals surface area contributed by atoms with Crippen LogP contribution in [0.5, 0.6) is 11.5 Å². The molecule has 0 saturated carbocycles. The fourth-order valence-electron chi connectivity index (χ4n) is 2.55. The third kappa shape index (κ3) is 3.12. The molecule has 0 spiro atoms. The van der Waals surface area contributed by atoms with Gasteiger partial charge in [-0.3, -0.25) is 4.99 Å². The van der Waals surface area contributed by atoms with Crippen molar-refractivity contribution in [3.05, 3.63) is 18.2 Å². The van der Waals surface area contributed by atoms with Crippen molar-refractivity contribution in [3.63, 3.8) is 0 Å². The Labute approximate surface area is 130 Å². The van der Waals surface area contributed by atoms with E-state index < -0.39 is 0 Å². The molecule has 4 nitrogen and oxygen atoms in total. The Hall–Kier alpha value is -1.36. The Morgan fingerprint density at radius 3 is 2.62 bits per heavy atom. The maximum absolute atomic E-state index is 5.61. The zero-order valence-electron chi connectivity index (χ0n) is 12.6. The lowest BCUT2D eigenvalue weighted by Crippen LogP contribution is -2.32. The standard InChI is InChI=1S/C16H22N2O2S/c1-3-16(4-2)10-17-15(21-11-16)18-12-5-6-13-14(9-12)20-8-7-19-13/h5-6,9H,3-4,7-8,10-11H2,1-2H3,(H,17,18). The van der Waals surface area contributed by atoms with E-state index >= 15 is 0 Å². The van der Waals surface area contributed by atoms with Crippen LogP contribution in [0.25, 0.3) is 0 Å². The molecule has 0 amide bonds. The molecule has 114 valence electrons. The zero-order chi connectivity index (χ0) is 14.7. The van der Waals surface area contributed by atoms with Gasteiger partial charge < -0.3 is 14.8 Å². The molecule has 1 aromatic carbocycles. The number of benzene rings is 1. The molecule has 0 aliphatic carbocycles. The predicted molar refractivity (Wildman–Crippen MR) is 88.8 cm³/mol. The SMILES string of the molecule is CCC1(CC)CN=C(Nc2ccc3c(c2)OCCO3)SC1. The molecule has 0 radical (unpaired) electrons. The molecule has 0 atom stereocenters. The van der Waals surface area contributed by atoms with E-state index in [1.807, 2.05) is 30.0 Å². The van der Waals surface area contributed by atoms with Crippen molar-refractivity contribution in [2.24, 2.45) is 10.4 Å². The van der Waals surface area contributed by atoms with Gasteiger partial charge in [-0.15, -0.1) is 0 Å². The summed E-state index contributed by atoms with van der Waals surface area (Å²) in [5, 5.41) is 4.40. The van der Waals surface area contributed by atoms with Gasteiger partial charge in [-0.1, -0.05) is 25.6 Å². The van der Waals surface area contributed by atoms with E-state index in [1.165, 1.54) is 12.8 Å². The van der Waals surface area contributed by atoms with Gasteiger partial charge in [-0.05, 0) is 30.4 Å². The van der Waals surface area contributed by atoms with Crippen molar-refractivity contribution in [3.8, 4) is 11.5 Å². The molecule has 0 fully saturated rings. The van der Waals surface area contributed by atoms with Gasteiger partial charge in [-0.25, -0.2) is 0 Å². The molecule has 0 bridgehead atoms. The molecule has 2 aliphatic rings. The molecule has 0 aromatic heterocycles. The number of ether oxygens (including phenoxy) is 2. The van der Waals surface area contributed by atoms with Crippen molar-refractivity contribution in [1.82, 2.24) is 0 Å². The molecule has 2 heterocycles. The first-order valence-corrected chi connectivity index (χ1v) is 8.57. The largest absolute Gasteiger partial charge is 0.486 e. The Balaban J connectivity index is 1.69. The summed E-state index contributed by atoms with van der Waals surface area (Å²) in [6.45, 7) is 6.68. The maximum Gasteiger partial charge on any atom is 0.163 e. The van der Waals surface area contributed by atoms with Crippen LogP contribution in [-0.2, 0) is 0 Å². The monoisotopic (exact) mass is 306 g/mol. The fraction of sp³-hybridized carbons (Fsp3) is 0.562. The van der Waals surface area contributed by atoms with Crippen LogP contribution in [0.1, 0.15) is 26.7 Å². The molecule has 1 aromatic rings. The smallest absolute Gasteiger partial charge is 0.163 e. The van der Waals surface area contributed by atoms with Gasteiger partial charge >= 0.3 is 0 Å². The van der Waals surface area contributed by atoms with Crippen molar-refractivity contribution in [1.29, 1.82) is 0 Å². The second kappa shape index (κ2) is 6.18. The van der Waals surface area contributed by atoms with Gasteiger partial charge in [0.15, 0.2) is 16.7 Å². The first kappa shape index (κ1) is 14.6. The van der Waals surface area contributed by atoms with Gasteiger partial charge in [0.1, 0.15) is 13.2 Å². The lowest BCUT2D eigenvalue weighted by atomic mass is 9.84. The van der Waals surface area contributed by atoms with Crippen molar-refractivity contribution >= 4 is 22.6 Å². The summed E-state index contributed by atoms with van der Waals surface area (Å²) in [4.78, 5) is 4.73. The summed E-state index contributed by atoms with van der Waals surface area (Å²) in [7, 11) is 0. The van der Waals surface area contributed by atoms with Crippen LogP contribution in [-0.4, -0.2) is 30.7 Å². The molecular formula is C16H22N2O2S. The van der Waals surface area contributed by atoms with Crippen LogP contribution in [0.15, 0.2) is 23.2 Å². The number of fused-ring (bicyclic) bond motifs is 1. The van der Waals surface area contributed by atoms with E-state index in [0.29, 0.717) is 18.6 Å². The van der Waals surface area contributed by atoms with Crippen LogP contribution in [0.2, 0.25) is 0 Å². The van der Waals surface area contributed by atoms with Gasteiger partial charge in [0.2, 0.25) is 0 Å². The number of amidine groups is 1. The Kier molecular flexibility index (Phi) is 4.29. The van der Waals surface area contributed by atoms with E-state index in [9.17, 15) is 0 Å². The second-order valence-corrected chi connectivity index (χ2v) is 6.56. The highest BCUT2D eigenvalue weighted by Crippen LogP contribution is 2.36. The highest BCUT2D eigenvalue weighted by molar-refractivity contribution is 8.14. The number of thioether (sulfide) groups is 1. The van der Waals surface area contributed by atoms with E-state index in [1.54, 1.807) is 0 Å². The summed E-state index contributed by atoms with van der Waals surface area (Å²) in [5.74, 6) is 2.77. The van der Waals surface area contributed by atoms with Crippen LogP contribution in [0.3, 0.4) is 0 Å². The molecule has 1 N–H and O–H groups in total. The van der Waals surface area contributed by atoms with E-state index in [2.05, 4.69) is 19.2 Å². The normalized spacial score (nSPS) is 19.8. The first-order chi connectivity index (χ1) is 10.2. The third-order valence-corrected chi connectivity index (χ3v) is 5.63. The number of rotatable bonds is 3. The van der Waals surface area contributed by atoms with Gasteiger partial charge in [0.25, 0.3) is 0 Å². The van der Waals surface area contributed by atoms with Crippen LogP contribution < -0.4 is 14.8 Å². The minimum Gasteiger partial charge on any atom is -0.486 e. The van der Waals surface area contributed by atoms with E-state index in [4.69, 9.17) is 14.5 Å². The third-order valence-electron chi connectivity index (χ3n) is 4.37. The summed E-state index contributed by atoms with van der Waals surface area (Å²) >= 11 is 1.82. The number of aliphatic imine (C=N–C) groups is 1. The zero-order valence-corrected chi connectivity index (χ0v) is 13.5. The first-order valence-electron chi connectivity index (χ1n) is 7.58. The molecule has 0 unspecified atom stereocenters. The molecular weight excluding hydrogens is 284 g/mol. The summed E-state index contributed by atoms with van der Waals surface area (Å²) in [6, 6.07) is 5.95. The predicted octanol–water partition coefficient (Wildman–Crippen LogP) is 3.78. The summed E-state index contributed by atoms with van der Waals surface area (Å²) < 4.78 is 11.1. The minimum atomic E-state index is 0.378. The quantitative estimate of drug-likeness (QED) is 0.923. The van der Waals surface area contributed by atoms with Crippen LogP contribution in [0.4, 0.5) is 5.69 Å². The molecule has 5 heteroatoms. The Morgan fingerprint density at radius 2 is 1.95 bits per heavy atom. The molecule has 21 heavy (non-hydrogen) atoms. The fourth-order valence-corrected chi connectivity index (χ4v) is 3.84. The lowest BCUT2D eigenvalue weighted by Gasteiger charge is -2.33. The number of nitrogens with one attached hydrogen (secondary N) is 1. The Morgan fingerprint density at radius 1 is 1.19 bits per heavy atom. The second-order valence-electron chi connectivity index (χ2n) is 5.60. The minimum absolute atomic E-state index is 0.378. The van der Waals surface area contributed by atoms with Gasteiger partial charge in [0.05, 0.1) is 0 Å². The van der Waals surface area contributed by atoms with Crippen LogP contribution >= 0.6 is 11.8 Å². The van der Waals surface area contributed by atoms with Crippen molar-refractivity contribution < 1.29 is 9.47 Å². The summed E-state index contributed by atoms with van der Waals surface area (Å²) in [5.41, 5.74) is 1.38. The van der Waals surface area contributed by atoms with Gasteiger partial charge in [0, 0.05) is 24.1 Å². The number of anilines is 1. The number of hydrogen-bond donors (Lipinski definition) is 1. The Bertz CT molecular complexity index is 541. The highest BCUT2D eigenvalue weighted by Gasteiger charge is 2.30. The average Bonchev–Trinajstić information content (AvgIpc) is 2.56. The van der Waals surface area contributed by atoms with Crippen LogP contribution in [0, 0.1) is 5.41 Å². The average molecular weight is 306 g/mol. The molecule has 2 aliphatic heterocycles. The van der Waals surface area contributed by atoms with E-state index in [-0.39, 0.29) is 0 Å². The van der Waals surface area contributed by atoms with Crippen molar-refractivity contribution in [2.45, 2.75) is 26.7 Å². The van der Waals surface area contributed by atoms with Crippen molar-refractivity contribution in [2.75, 3.05) is 30.8 Å². The molecule has 0 saturated heterocycles. The molecule has 3 rings (SSSR count). The summed E-state index contributed by atoms with van der Waals surface area (Å²) in [6.07, 6.45) is 2.38. The number of hydrogen-bond acceptors (Lipinski definition) is 5.